The molecule has 4 heteroatoms. The molecule has 0 aromatic heterocycles. The first-order chi connectivity index (χ1) is 7.72. The van der Waals surface area contributed by atoms with E-state index >= 15 is 0 Å². The molecule has 1 aliphatic rings. The molecule has 1 aromatic rings. The SMILES string of the molecule is CC/C(=C1/SC(=S)NC1=O)c1ccccc1. The Bertz CT molecular complexity index is 465. The Labute approximate surface area is 104 Å². The van der Waals surface area contributed by atoms with Crippen LogP contribution in [-0.4, -0.2) is 10.2 Å². The van der Waals surface area contributed by atoms with E-state index in [0.717, 1.165) is 22.5 Å². The summed E-state index contributed by atoms with van der Waals surface area (Å²) in [7, 11) is 0. The summed E-state index contributed by atoms with van der Waals surface area (Å²) < 4.78 is 0.543. The number of nitrogens with one attached hydrogen (secondary N) is 1. The summed E-state index contributed by atoms with van der Waals surface area (Å²) in [6.45, 7) is 2.05. The van der Waals surface area contributed by atoms with Crippen molar-refractivity contribution in [3.05, 3.63) is 40.8 Å². The average Bonchev–Trinajstić information content (AvgIpc) is 2.61. The van der Waals surface area contributed by atoms with E-state index in [4.69, 9.17) is 12.2 Å². The van der Waals surface area contributed by atoms with Crippen LogP contribution in [0.5, 0.6) is 0 Å². The summed E-state index contributed by atoms with van der Waals surface area (Å²) >= 11 is 6.34. The molecule has 1 N–H and O–H groups in total. The smallest absolute Gasteiger partial charge is 0.263 e. The standard InChI is InChI=1S/C12H11NOS2/c1-2-9(8-6-4-3-5-7-8)10-11(14)13-12(15)16-10/h3-7H,2H2,1H3,(H,13,14,15)/b10-9-. The molecule has 1 fully saturated rings. The lowest BCUT2D eigenvalue weighted by Gasteiger charge is -2.06. The van der Waals surface area contributed by atoms with Gasteiger partial charge in [0.05, 0.1) is 4.91 Å². The number of benzene rings is 1. The molecule has 1 amide bonds. The Balaban J connectivity index is 2.47. The van der Waals surface area contributed by atoms with E-state index in [1.165, 1.54) is 11.8 Å². The Morgan fingerprint density at radius 2 is 2.06 bits per heavy atom. The molecule has 2 nitrogen and oxygen atoms in total. The number of hydrogen-bond acceptors (Lipinski definition) is 3. The number of carbonyl (C=O) groups excluding carboxylic acids is 1. The second-order valence-electron chi connectivity index (χ2n) is 3.37. The van der Waals surface area contributed by atoms with Crippen LogP contribution < -0.4 is 5.32 Å². The molecule has 16 heavy (non-hydrogen) atoms. The maximum Gasteiger partial charge on any atom is 0.263 e. The zero-order valence-corrected chi connectivity index (χ0v) is 10.5. The van der Waals surface area contributed by atoms with Crippen LogP contribution in [0.2, 0.25) is 0 Å². The van der Waals surface area contributed by atoms with Crippen molar-refractivity contribution in [3.8, 4) is 0 Å². The van der Waals surface area contributed by atoms with Crippen LogP contribution in [0, 0.1) is 0 Å². The monoisotopic (exact) mass is 249 g/mol. The minimum Gasteiger partial charge on any atom is -0.307 e. The zero-order valence-electron chi connectivity index (χ0n) is 8.82. The van der Waals surface area contributed by atoms with Gasteiger partial charge in [0, 0.05) is 0 Å². The molecule has 2 rings (SSSR count). The van der Waals surface area contributed by atoms with Crippen LogP contribution in [0.25, 0.3) is 5.57 Å². The molecule has 0 aliphatic carbocycles. The molecule has 0 radical (unpaired) electrons. The van der Waals surface area contributed by atoms with Gasteiger partial charge in [-0.1, -0.05) is 61.2 Å². The number of rotatable bonds is 2. The molecule has 82 valence electrons. The number of carbonyl (C=O) groups is 1. The molecule has 1 aromatic carbocycles. The predicted octanol–water partition coefficient (Wildman–Crippen LogP) is 2.96. The van der Waals surface area contributed by atoms with E-state index in [1.54, 1.807) is 0 Å². The van der Waals surface area contributed by atoms with Gasteiger partial charge in [-0.25, -0.2) is 0 Å². The number of hydrogen-bond donors (Lipinski definition) is 1. The lowest BCUT2D eigenvalue weighted by Crippen LogP contribution is -2.18. The third-order valence-electron chi connectivity index (χ3n) is 2.37. The van der Waals surface area contributed by atoms with Crippen LogP contribution in [0.1, 0.15) is 18.9 Å². The number of amides is 1. The minimum absolute atomic E-state index is 0.0734. The highest BCUT2D eigenvalue weighted by Crippen LogP contribution is 2.33. The second-order valence-corrected chi connectivity index (χ2v) is 5.06. The third-order valence-corrected chi connectivity index (χ3v) is 3.64. The number of thiocarbonyl (C=S) groups is 1. The van der Waals surface area contributed by atoms with E-state index < -0.39 is 0 Å². The van der Waals surface area contributed by atoms with Gasteiger partial charge in [-0.05, 0) is 17.6 Å². The molecule has 0 unspecified atom stereocenters. The summed E-state index contributed by atoms with van der Waals surface area (Å²) in [4.78, 5) is 12.4. The average molecular weight is 249 g/mol. The first kappa shape index (κ1) is 11.4. The Morgan fingerprint density at radius 1 is 1.38 bits per heavy atom. The summed E-state index contributed by atoms with van der Waals surface area (Å²) in [5.41, 5.74) is 2.15. The van der Waals surface area contributed by atoms with E-state index in [-0.39, 0.29) is 5.91 Å². The molecule has 0 atom stereocenters. The number of thioether (sulfide) groups is 1. The van der Waals surface area contributed by atoms with Gasteiger partial charge in [0.1, 0.15) is 4.32 Å². The second kappa shape index (κ2) is 4.80. The fourth-order valence-electron chi connectivity index (χ4n) is 1.65. The topological polar surface area (TPSA) is 29.1 Å². The Morgan fingerprint density at radius 3 is 2.56 bits per heavy atom. The summed E-state index contributed by atoms with van der Waals surface area (Å²) in [5, 5.41) is 2.65. The van der Waals surface area contributed by atoms with E-state index in [0.29, 0.717) is 4.32 Å². The van der Waals surface area contributed by atoms with Gasteiger partial charge in [0.2, 0.25) is 0 Å². The Kier molecular flexibility index (Phi) is 3.41. The Hall–Kier alpha value is -1.13. The van der Waals surface area contributed by atoms with Crippen LogP contribution >= 0.6 is 24.0 Å². The van der Waals surface area contributed by atoms with Crippen molar-refractivity contribution in [2.24, 2.45) is 0 Å². The molecule has 1 saturated heterocycles. The molecular weight excluding hydrogens is 238 g/mol. The van der Waals surface area contributed by atoms with E-state index in [1.807, 2.05) is 37.3 Å². The maximum atomic E-state index is 11.7. The van der Waals surface area contributed by atoms with Crippen molar-refractivity contribution >= 4 is 39.8 Å². The maximum absolute atomic E-state index is 11.7. The summed E-state index contributed by atoms with van der Waals surface area (Å²) in [5.74, 6) is -0.0734. The summed E-state index contributed by atoms with van der Waals surface area (Å²) in [6.07, 6.45) is 0.822. The predicted molar refractivity (Wildman–Crippen MR) is 72.0 cm³/mol. The molecule has 0 bridgehead atoms. The first-order valence-corrected chi connectivity index (χ1v) is 6.26. The van der Waals surface area contributed by atoms with Crippen molar-refractivity contribution in [2.45, 2.75) is 13.3 Å². The third kappa shape index (κ3) is 2.18. The largest absolute Gasteiger partial charge is 0.307 e. The molecule has 0 saturated carbocycles. The molecular formula is C12H11NOS2. The zero-order chi connectivity index (χ0) is 11.5. The quantitative estimate of drug-likeness (QED) is 0.645. The van der Waals surface area contributed by atoms with E-state index in [9.17, 15) is 4.79 Å². The summed E-state index contributed by atoms with van der Waals surface area (Å²) in [6, 6.07) is 9.94. The van der Waals surface area contributed by atoms with Gasteiger partial charge in [0.25, 0.3) is 5.91 Å². The van der Waals surface area contributed by atoms with Gasteiger partial charge < -0.3 is 5.32 Å². The molecule has 0 spiro atoms. The van der Waals surface area contributed by atoms with E-state index in [2.05, 4.69) is 5.32 Å². The van der Waals surface area contributed by atoms with Crippen molar-refractivity contribution in [1.29, 1.82) is 0 Å². The van der Waals surface area contributed by atoms with Crippen LogP contribution in [0.3, 0.4) is 0 Å². The van der Waals surface area contributed by atoms with Gasteiger partial charge in [-0.15, -0.1) is 0 Å². The van der Waals surface area contributed by atoms with Crippen molar-refractivity contribution in [1.82, 2.24) is 5.32 Å². The van der Waals surface area contributed by atoms with Gasteiger partial charge in [-0.3, -0.25) is 4.79 Å². The highest BCUT2D eigenvalue weighted by molar-refractivity contribution is 8.26. The lowest BCUT2D eigenvalue weighted by molar-refractivity contribution is -0.115. The minimum atomic E-state index is -0.0734. The lowest BCUT2D eigenvalue weighted by atomic mass is 10.0. The fraction of sp³-hybridized carbons (Fsp3) is 0.167. The van der Waals surface area contributed by atoms with Crippen molar-refractivity contribution in [3.63, 3.8) is 0 Å². The van der Waals surface area contributed by atoms with Gasteiger partial charge in [0.15, 0.2) is 0 Å². The first-order valence-electron chi connectivity index (χ1n) is 5.04. The van der Waals surface area contributed by atoms with Crippen molar-refractivity contribution in [2.75, 3.05) is 0 Å². The normalized spacial score (nSPS) is 18.6. The molecule has 1 aliphatic heterocycles. The number of allylic oxidation sites excluding steroid dienone is 1. The van der Waals surface area contributed by atoms with Crippen LogP contribution in [-0.2, 0) is 4.79 Å². The fourth-order valence-corrected chi connectivity index (χ4v) is 2.85. The van der Waals surface area contributed by atoms with Crippen LogP contribution in [0.15, 0.2) is 35.2 Å². The van der Waals surface area contributed by atoms with Crippen LogP contribution in [0.4, 0.5) is 0 Å². The van der Waals surface area contributed by atoms with Crippen molar-refractivity contribution < 1.29 is 4.79 Å². The molecule has 1 heterocycles. The van der Waals surface area contributed by atoms with Gasteiger partial charge >= 0.3 is 0 Å². The highest BCUT2D eigenvalue weighted by Gasteiger charge is 2.25. The van der Waals surface area contributed by atoms with Gasteiger partial charge in [-0.2, -0.15) is 0 Å². The highest BCUT2D eigenvalue weighted by atomic mass is 32.2.